The fourth-order valence-corrected chi connectivity index (χ4v) is 1.97. The maximum absolute atomic E-state index is 10.6. The number of carboxylic acids is 1. The summed E-state index contributed by atoms with van der Waals surface area (Å²) in [7, 11) is 1.74. The average Bonchev–Trinajstić information content (AvgIpc) is 2.75. The van der Waals surface area contributed by atoms with Gasteiger partial charge < -0.3 is 14.9 Å². The topological polar surface area (TPSA) is 67.8 Å². The molecular weight excluding hydrogens is 252 g/mol. The summed E-state index contributed by atoms with van der Waals surface area (Å²) < 4.78 is 0. The Morgan fingerprint density at radius 3 is 2.67 bits per heavy atom. The zero-order valence-electron chi connectivity index (χ0n) is 9.88. The molecule has 0 atom stereocenters. The Morgan fingerprint density at radius 1 is 1.50 bits per heavy atom. The Kier molecular flexibility index (Phi) is 3.63. The number of rotatable bonds is 4. The zero-order chi connectivity index (χ0) is 13.1. The molecule has 18 heavy (non-hydrogen) atoms. The van der Waals surface area contributed by atoms with E-state index in [9.17, 15) is 4.79 Å². The fourth-order valence-electron chi connectivity index (χ4n) is 1.72. The summed E-state index contributed by atoms with van der Waals surface area (Å²) in [6, 6.07) is 7.57. The highest BCUT2D eigenvalue weighted by molar-refractivity contribution is 7.80. The van der Waals surface area contributed by atoms with E-state index in [0.717, 1.165) is 11.4 Å². The molecule has 0 spiro atoms. The van der Waals surface area contributed by atoms with E-state index in [4.69, 9.17) is 17.3 Å². The first-order chi connectivity index (χ1) is 8.58. The molecule has 2 rings (SSSR count). The van der Waals surface area contributed by atoms with Gasteiger partial charge in [0.1, 0.15) is 6.54 Å². The van der Waals surface area contributed by atoms with E-state index in [1.54, 1.807) is 11.9 Å². The van der Waals surface area contributed by atoms with Crippen molar-refractivity contribution in [3.63, 3.8) is 0 Å². The highest BCUT2D eigenvalue weighted by Crippen LogP contribution is 2.20. The molecule has 0 aromatic heterocycles. The quantitative estimate of drug-likeness (QED) is 0.680. The molecule has 7 heteroatoms. The zero-order valence-corrected chi connectivity index (χ0v) is 10.7. The van der Waals surface area contributed by atoms with Gasteiger partial charge in [0.15, 0.2) is 5.11 Å². The van der Waals surface area contributed by atoms with Gasteiger partial charge in [0, 0.05) is 18.4 Å². The molecule has 1 aliphatic heterocycles. The minimum Gasteiger partial charge on any atom is -0.480 e. The SMILES string of the molecule is CN(CC(=O)O)c1ccc(N2CNNC2=S)cc1. The standard InChI is InChI=1S/C11H14N4O2S/c1-14(6-10(16)17)8-2-4-9(5-3-8)15-7-12-13-11(15)18/h2-5,12H,6-7H2,1H3,(H,13,18)(H,16,17). The van der Waals surface area contributed by atoms with E-state index in [-0.39, 0.29) is 6.54 Å². The van der Waals surface area contributed by atoms with Crippen LogP contribution in [0.5, 0.6) is 0 Å². The van der Waals surface area contributed by atoms with Gasteiger partial charge in [-0.1, -0.05) is 0 Å². The van der Waals surface area contributed by atoms with Gasteiger partial charge in [-0.2, -0.15) is 0 Å². The van der Waals surface area contributed by atoms with Crippen molar-refractivity contribution in [2.24, 2.45) is 0 Å². The maximum atomic E-state index is 10.6. The van der Waals surface area contributed by atoms with Crippen molar-refractivity contribution in [3.05, 3.63) is 24.3 Å². The van der Waals surface area contributed by atoms with Crippen LogP contribution in [0.4, 0.5) is 11.4 Å². The van der Waals surface area contributed by atoms with Crippen LogP contribution in [-0.4, -0.2) is 36.4 Å². The molecule has 3 N–H and O–H groups in total. The lowest BCUT2D eigenvalue weighted by Gasteiger charge is -2.19. The number of benzene rings is 1. The molecule has 0 unspecified atom stereocenters. The molecule has 0 aliphatic carbocycles. The number of carbonyl (C=O) groups is 1. The Morgan fingerprint density at radius 2 is 2.17 bits per heavy atom. The molecule has 96 valence electrons. The van der Waals surface area contributed by atoms with Crippen molar-refractivity contribution < 1.29 is 9.90 Å². The number of hydrogen-bond donors (Lipinski definition) is 3. The number of carboxylic acid groups (broad SMARTS) is 1. The highest BCUT2D eigenvalue weighted by atomic mass is 32.1. The lowest BCUT2D eigenvalue weighted by atomic mass is 10.2. The van der Waals surface area contributed by atoms with E-state index >= 15 is 0 Å². The Bertz CT molecular complexity index is 463. The van der Waals surface area contributed by atoms with E-state index in [0.29, 0.717) is 11.8 Å². The first-order valence-electron chi connectivity index (χ1n) is 5.41. The van der Waals surface area contributed by atoms with Gasteiger partial charge in [-0.05, 0) is 36.5 Å². The summed E-state index contributed by atoms with van der Waals surface area (Å²) in [6.07, 6.45) is 0. The molecule has 0 saturated carbocycles. The number of aliphatic carboxylic acids is 1. The van der Waals surface area contributed by atoms with Crippen LogP contribution >= 0.6 is 12.2 Å². The summed E-state index contributed by atoms with van der Waals surface area (Å²) in [6.45, 7) is 0.591. The molecule has 1 saturated heterocycles. The maximum Gasteiger partial charge on any atom is 0.323 e. The number of nitrogens with one attached hydrogen (secondary N) is 2. The second-order valence-electron chi connectivity index (χ2n) is 3.96. The third-order valence-electron chi connectivity index (χ3n) is 2.65. The van der Waals surface area contributed by atoms with Gasteiger partial charge in [-0.15, -0.1) is 0 Å². The summed E-state index contributed by atoms with van der Waals surface area (Å²) in [4.78, 5) is 14.2. The van der Waals surface area contributed by atoms with Crippen molar-refractivity contribution >= 4 is 34.7 Å². The normalized spacial score (nSPS) is 14.5. The van der Waals surface area contributed by atoms with E-state index < -0.39 is 5.97 Å². The van der Waals surface area contributed by atoms with Gasteiger partial charge in [0.2, 0.25) is 0 Å². The number of thiocarbonyl (C=S) groups is 1. The third-order valence-corrected chi connectivity index (χ3v) is 2.97. The van der Waals surface area contributed by atoms with Gasteiger partial charge in [-0.3, -0.25) is 10.2 Å². The summed E-state index contributed by atoms with van der Waals surface area (Å²) in [5.74, 6) is -0.851. The smallest absolute Gasteiger partial charge is 0.323 e. The number of hydrogen-bond acceptors (Lipinski definition) is 4. The second kappa shape index (κ2) is 5.19. The fraction of sp³-hybridized carbons (Fsp3) is 0.273. The Labute approximate surface area is 110 Å². The van der Waals surface area contributed by atoms with Gasteiger partial charge in [0.25, 0.3) is 0 Å². The lowest BCUT2D eigenvalue weighted by Crippen LogP contribution is -2.28. The van der Waals surface area contributed by atoms with Crippen LogP contribution in [0.1, 0.15) is 0 Å². The predicted octanol–water partition coefficient (Wildman–Crippen LogP) is 0.364. The largest absolute Gasteiger partial charge is 0.480 e. The number of likely N-dealkylation sites (N-methyl/N-ethyl adjacent to an activating group) is 1. The van der Waals surface area contributed by atoms with E-state index in [1.165, 1.54) is 0 Å². The number of hydrazine groups is 1. The first kappa shape index (κ1) is 12.6. The van der Waals surface area contributed by atoms with Crippen LogP contribution in [0.15, 0.2) is 24.3 Å². The molecule has 0 radical (unpaired) electrons. The molecule has 0 bridgehead atoms. The van der Waals surface area contributed by atoms with Crippen molar-refractivity contribution in [1.82, 2.24) is 10.9 Å². The van der Waals surface area contributed by atoms with Crippen LogP contribution in [0.2, 0.25) is 0 Å². The molecule has 1 aliphatic rings. The first-order valence-corrected chi connectivity index (χ1v) is 5.82. The second-order valence-corrected chi connectivity index (χ2v) is 4.35. The van der Waals surface area contributed by atoms with Crippen LogP contribution in [0, 0.1) is 0 Å². The van der Waals surface area contributed by atoms with Crippen molar-refractivity contribution in [2.45, 2.75) is 0 Å². The highest BCUT2D eigenvalue weighted by Gasteiger charge is 2.17. The number of nitrogens with zero attached hydrogens (tertiary/aromatic N) is 2. The minimum absolute atomic E-state index is 0.0232. The molecule has 1 fully saturated rings. The molecule has 1 aromatic rings. The monoisotopic (exact) mass is 266 g/mol. The predicted molar refractivity (Wildman–Crippen MR) is 73.6 cm³/mol. The van der Waals surface area contributed by atoms with Crippen LogP contribution in [-0.2, 0) is 4.79 Å². The van der Waals surface area contributed by atoms with Crippen molar-refractivity contribution in [3.8, 4) is 0 Å². The molecule has 1 aromatic carbocycles. The summed E-state index contributed by atoms with van der Waals surface area (Å²) in [5, 5.41) is 9.35. The van der Waals surface area contributed by atoms with Crippen LogP contribution in [0.3, 0.4) is 0 Å². The minimum atomic E-state index is -0.851. The lowest BCUT2D eigenvalue weighted by molar-refractivity contribution is -0.135. The summed E-state index contributed by atoms with van der Waals surface area (Å²) in [5.41, 5.74) is 7.60. The molecule has 1 heterocycles. The van der Waals surface area contributed by atoms with Crippen molar-refractivity contribution in [2.75, 3.05) is 30.1 Å². The van der Waals surface area contributed by atoms with Crippen LogP contribution < -0.4 is 20.7 Å². The third kappa shape index (κ3) is 2.69. The molecular formula is C11H14N4O2S. The van der Waals surface area contributed by atoms with Gasteiger partial charge in [0.05, 0.1) is 6.67 Å². The summed E-state index contributed by atoms with van der Waals surface area (Å²) >= 11 is 5.13. The van der Waals surface area contributed by atoms with E-state index in [1.807, 2.05) is 29.2 Å². The molecule has 6 nitrogen and oxygen atoms in total. The van der Waals surface area contributed by atoms with Gasteiger partial charge in [-0.25, -0.2) is 5.43 Å². The van der Waals surface area contributed by atoms with E-state index in [2.05, 4.69) is 10.9 Å². The average molecular weight is 266 g/mol. The Hall–Kier alpha value is -1.86. The van der Waals surface area contributed by atoms with Crippen LogP contribution in [0.25, 0.3) is 0 Å². The number of anilines is 2. The van der Waals surface area contributed by atoms with Crippen molar-refractivity contribution in [1.29, 1.82) is 0 Å². The Balaban J connectivity index is 2.10. The molecule has 0 amide bonds. The van der Waals surface area contributed by atoms with Gasteiger partial charge >= 0.3 is 5.97 Å².